The summed E-state index contributed by atoms with van der Waals surface area (Å²) >= 11 is 5.64. The Morgan fingerprint density at radius 2 is 2.20 bits per heavy atom. The van der Waals surface area contributed by atoms with Crippen molar-refractivity contribution in [3.05, 3.63) is 58.0 Å². The van der Waals surface area contributed by atoms with Gasteiger partial charge in [-0.3, -0.25) is 4.79 Å². The van der Waals surface area contributed by atoms with E-state index in [1.165, 1.54) is 6.07 Å². The van der Waals surface area contributed by atoms with E-state index >= 15 is 0 Å². The molecule has 0 aliphatic heterocycles. The third-order valence-corrected chi connectivity index (χ3v) is 2.10. The summed E-state index contributed by atoms with van der Waals surface area (Å²) in [7, 11) is 0. The van der Waals surface area contributed by atoms with Crippen LogP contribution in [0.4, 0.5) is 0 Å². The van der Waals surface area contributed by atoms with Crippen molar-refractivity contribution in [1.29, 1.82) is 0 Å². The van der Waals surface area contributed by atoms with E-state index in [1.807, 2.05) is 0 Å². The van der Waals surface area contributed by atoms with E-state index in [1.54, 1.807) is 35.2 Å². The topological polar surface area (TPSA) is 47.8 Å². The molecule has 0 radical (unpaired) electrons. The highest BCUT2D eigenvalue weighted by molar-refractivity contribution is 6.28. The number of rotatable bonds is 2. The lowest BCUT2D eigenvalue weighted by atomic mass is 10.4. The molecule has 0 N–H and O–H groups in total. The summed E-state index contributed by atoms with van der Waals surface area (Å²) in [6, 6.07) is 6.73. The number of halogens is 1. The lowest BCUT2D eigenvalue weighted by Crippen LogP contribution is -2.18. The van der Waals surface area contributed by atoms with Crippen molar-refractivity contribution in [3.8, 4) is 0 Å². The normalized spacial score (nSPS) is 10.2. The van der Waals surface area contributed by atoms with Gasteiger partial charge in [-0.05, 0) is 23.7 Å². The standard InChI is InChI=1S/C10H8ClN3O/c11-10-12-5-4-8(13-10)7-14-6-2-1-3-9(14)15/h1-6H,7H2. The van der Waals surface area contributed by atoms with Crippen molar-refractivity contribution in [2.24, 2.45) is 0 Å². The number of hydrogen-bond acceptors (Lipinski definition) is 3. The van der Waals surface area contributed by atoms with Gasteiger partial charge < -0.3 is 4.57 Å². The van der Waals surface area contributed by atoms with Crippen molar-refractivity contribution in [2.45, 2.75) is 6.54 Å². The summed E-state index contributed by atoms with van der Waals surface area (Å²) in [6.45, 7) is 0.405. The molecule has 0 aromatic carbocycles. The second-order valence-electron chi connectivity index (χ2n) is 2.98. The van der Waals surface area contributed by atoms with E-state index < -0.39 is 0 Å². The van der Waals surface area contributed by atoms with Gasteiger partial charge in [-0.25, -0.2) is 9.97 Å². The molecule has 0 amide bonds. The molecule has 2 aromatic heterocycles. The van der Waals surface area contributed by atoms with Crippen LogP contribution in [-0.4, -0.2) is 14.5 Å². The minimum absolute atomic E-state index is 0.0627. The highest BCUT2D eigenvalue weighted by atomic mass is 35.5. The van der Waals surface area contributed by atoms with Crippen LogP contribution in [0.5, 0.6) is 0 Å². The van der Waals surface area contributed by atoms with Gasteiger partial charge in [0, 0.05) is 18.5 Å². The SMILES string of the molecule is O=c1ccccn1Cc1ccnc(Cl)n1. The molecule has 0 saturated carbocycles. The van der Waals surface area contributed by atoms with Gasteiger partial charge in [0.2, 0.25) is 5.28 Å². The summed E-state index contributed by atoms with van der Waals surface area (Å²) in [5.74, 6) is 0. The monoisotopic (exact) mass is 221 g/mol. The Hall–Kier alpha value is -1.68. The van der Waals surface area contributed by atoms with E-state index in [-0.39, 0.29) is 10.8 Å². The predicted molar refractivity (Wildman–Crippen MR) is 56.8 cm³/mol. The lowest BCUT2D eigenvalue weighted by Gasteiger charge is -2.03. The first-order chi connectivity index (χ1) is 7.25. The first-order valence-corrected chi connectivity index (χ1v) is 4.76. The first kappa shape index (κ1) is 9.86. The maximum Gasteiger partial charge on any atom is 0.250 e. The minimum Gasteiger partial charge on any atom is -0.310 e. The molecule has 0 aliphatic rings. The van der Waals surface area contributed by atoms with Gasteiger partial charge in [0.1, 0.15) is 0 Å². The molecule has 5 heteroatoms. The molecule has 2 rings (SSSR count). The fourth-order valence-corrected chi connectivity index (χ4v) is 1.39. The Morgan fingerprint density at radius 3 is 2.93 bits per heavy atom. The van der Waals surface area contributed by atoms with E-state index in [0.29, 0.717) is 12.2 Å². The molecule has 0 saturated heterocycles. The zero-order valence-electron chi connectivity index (χ0n) is 7.80. The van der Waals surface area contributed by atoms with Crippen LogP contribution in [0.15, 0.2) is 41.5 Å². The molecular weight excluding hydrogens is 214 g/mol. The molecule has 0 fully saturated rings. The molecule has 0 unspecified atom stereocenters. The average Bonchev–Trinajstić information content (AvgIpc) is 2.22. The fraction of sp³-hybridized carbons (Fsp3) is 0.100. The van der Waals surface area contributed by atoms with Crippen LogP contribution in [-0.2, 0) is 6.54 Å². The molecule has 15 heavy (non-hydrogen) atoms. The van der Waals surface area contributed by atoms with Gasteiger partial charge >= 0.3 is 0 Å². The molecule has 76 valence electrons. The molecule has 0 atom stereocenters. The van der Waals surface area contributed by atoms with E-state index in [0.717, 1.165) is 0 Å². The van der Waals surface area contributed by atoms with Crippen molar-refractivity contribution in [1.82, 2.24) is 14.5 Å². The largest absolute Gasteiger partial charge is 0.310 e. The van der Waals surface area contributed by atoms with Gasteiger partial charge in [0.05, 0.1) is 12.2 Å². The fourth-order valence-electron chi connectivity index (χ4n) is 1.22. The Balaban J connectivity index is 2.30. The third kappa shape index (κ3) is 2.41. The number of pyridine rings is 1. The Labute approximate surface area is 91.2 Å². The molecule has 0 bridgehead atoms. The van der Waals surface area contributed by atoms with Gasteiger partial charge in [-0.15, -0.1) is 0 Å². The van der Waals surface area contributed by atoms with Gasteiger partial charge in [-0.1, -0.05) is 6.07 Å². The second-order valence-corrected chi connectivity index (χ2v) is 3.32. The molecule has 2 aromatic rings. The lowest BCUT2D eigenvalue weighted by molar-refractivity contribution is 0.736. The quantitative estimate of drug-likeness (QED) is 0.719. The first-order valence-electron chi connectivity index (χ1n) is 4.38. The molecule has 0 aliphatic carbocycles. The van der Waals surface area contributed by atoms with Crippen molar-refractivity contribution in [3.63, 3.8) is 0 Å². The number of nitrogens with zero attached hydrogens (tertiary/aromatic N) is 3. The third-order valence-electron chi connectivity index (χ3n) is 1.92. The number of hydrogen-bond donors (Lipinski definition) is 0. The van der Waals surface area contributed by atoms with Crippen molar-refractivity contribution in [2.75, 3.05) is 0 Å². The summed E-state index contributed by atoms with van der Waals surface area (Å²) in [4.78, 5) is 19.2. The van der Waals surface area contributed by atoms with Crippen LogP contribution in [0.25, 0.3) is 0 Å². The Bertz CT molecular complexity index is 524. The molecule has 2 heterocycles. The smallest absolute Gasteiger partial charge is 0.250 e. The van der Waals surface area contributed by atoms with Crippen LogP contribution < -0.4 is 5.56 Å². The van der Waals surface area contributed by atoms with Gasteiger partial charge in [-0.2, -0.15) is 0 Å². The van der Waals surface area contributed by atoms with E-state index in [4.69, 9.17) is 11.6 Å². The summed E-state index contributed by atoms with van der Waals surface area (Å²) < 4.78 is 1.55. The van der Waals surface area contributed by atoms with Crippen LogP contribution in [0.3, 0.4) is 0 Å². The van der Waals surface area contributed by atoms with Gasteiger partial charge in [0.15, 0.2) is 0 Å². The zero-order valence-corrected chi connectivity index (χ0v) is 8.55. The maximum atomic E-state index is 11.4. The predicted octanol–water partition coefficient (Wildman–Crippen LogP) is 1.34. The van der Waals surface area contributed by atoms with Crippen LogP contribution in [0.1, 0.15) is 5.69 Å². The summed E-state index contributed by atoms with van der Waals surface area (Å²) in [6.07, 6.45) is 3.27. The molecule has 0 spiro atoms. The molecular formula is C10H8ClN3O. The summed E-state index contributed by atoms with van der Waals surface area (Å²) in [5.41, 5.74) is 0.649. The average molecular weight is 222 g/mol. The highest BCUT2D eigenvalue weighted by Crippen LogP contribution is 2.01. The minimum atomic E-state index is -0.0627. The van der Waals surface area contributed by atoms with Gasteiger partial charge in [0.25, 0.3) is 5.56 Å². The maximum absolute atomic E-state index is 11.4. The molecule has 4 nitrogen and oxygen atoms in total. The summed E-state index contributed by atoms with van der Waals surface area (Å²) in [5, 5.41) is 0.191. The van der Waals surface area contributed by atoms with Crippen LogP contribution in [0.2, 0.25) is 5.28 Å². The van der Waals surface area contributed by atoms with Crippen molar-refractivity contribution >= 4 is 11.6 Å². The Morgan fingerprint density at radius 1 is 1.33 bits per heavy atom. The second kappa shape index (κ2) is 4.23. The highest BCUT2D eigenvalue weighted by Gasteiger charge is 1.99. The Kier molecular flexibility index (Phi) is 2.78. The van der Waals surface area contributed by atoms with Crippen LogP contribution >= 0.6 is 11.6 Å². The van der Waals surface area contributed by atoms with E-state index in [2.05, 4.69) is 9.97 Å². The van der Waals surface area contributed by atoms with Crippen LogP contribution in [0, 0.1) is 0 Å². The van der Waals surface area contributed by atoms with E-state index in [9.17, 15) is 4.79 Å². The zero-order chi connectivity index (χ0) is 10.7. The number of aromatic nitrogens is 3. The van der Waals surface area contributed by atoms with Crippen molar-refractivity contribution < 1.29 is 0 Å².